The van der Waals surface area contributed by atoms with E-state index < -0.39 is 11.6 Å². The Labute approximate surface area is 110 Å². The molecule has 0 radical (unpaired) electrons. The van der Waals surface area contributed by atoms with E-state index >= 15 is 0 Å². The van der Waals surface area contributed by atoms with Crippen molar-refractivity contribution < 1.29 is 13.6 Å². The molecule has 0 bridgehead atoms. The summed E-state index contributed by atoms with van der Waals surface area (Å²) in [6.07, 6.45) is -0.0259. The second-order valence-electron chi connectivity index (χ2n) is 4.58. The average molecular weight is 260 g/mol. The fourth-order valence-electron chi connectivity index (χ4n) is 2.01. The number of halogens is 2. The lowest BCUT2D eigenvalue weighted by atomic mass is 10.0. The molecule has 2 aromatic carbocycles. The molecule has 0 atom stereocenters. The summed E-state index contributed by atoms with van der Waals surface area (Å²) in [4.78, 5) is 11.9. The number of aryl methyl sites for hydroxylation is 1. The lowest BCUT2D eigenvalue weighted by Crippen LogP contribution is -2.09. The maximum absolute atomic E-state index is 13.4. The zero-order valence-corrected chi connectivity index (χ0v) is 10.6. The monoisotopic (exact) mass is 260 g/mol. The molecule has 3 heteroatoms. The molecule has 0 spiro atoms. The first kappa shape index (κ1) is 13.4. The lowest BCUT2D eigenvalue weighted by Gasteiger charge is -2.05. The third kappa shape index (κ3) is 3.47. The maximum Gasteiger partial charge on any atom is 0.141 e. The number of benzene rings is 2. The molecule has 0 amide bonds. The van der Waals surface area contributed by atoms with E-state index in [1.54, 1.807) is 0 Å². The van der Waals surface area contributed by atoms with Gasteiger partial charge in [-0.15, -0.1) is 0 Å². The molecular formula is C16H14F2O. The second-order valence-corrected chi connectivity index (χ2v) is 4.58. The lowest BCUT2D eigenvalue weighted by molar-refractivity contribution is -0.117. The third-order valence-corrected chi connectivity index (χ3v) is 2.92. The van der Waals surface area contributed by atoms with Crippen molar-refractivity contribution in [2.75, 3.05) is 0 Å². The minimum absolute atomic E-state index is 0.153. The van der Waals surface area contributed by atoms with E-state index in [0.29, 0.717) is 0 Å². The Bertz CT molecular complexity index is 585. The van der Waals surface area contributed by atoms with Crippen LogP contribution in [-0.2, 0) is 17.6 Å². The summed E-state index contributed by atoms with van der Waals surface area (Å²) in [5.41, 5.74) is 1.77. The van der Waals surface area contributed by atoms with E-state index in [9.17, 15) is 13.6 Å². The minimum atomic E-state index is -0.669. The van der Waals surface area contributed by atoms with Crippen LogP contribution in [0, 0.1) is 18.6 Å². The van der Waals surface area contributed by atoms with Crippen molar-refractivity contribution >= 4 is 5.78 Å². The quantitative estimate of drug-likeness (QED) is 0.820. The fraction of sp³-hybridized carbons (Fsp3) is 0.188. The molecule has 0 saturated heterocycles. The largest absolute Gasteiger partial charge is 0.299 e. The highest BCUT2D eigenvalue weighted by Gasteiger charge is 2.13. The maximum atomic E-state index is 13.4. The molecule has 0 aliphatic heterocycles. The second kappa shape index (κ2) is 5.74. The molecule has 0 aliphatic rings. The Kier molecular flexibility index (Phi) is 4.05. The normalized spacial score (nSPS) is 10.5. The smallest absolute Gasteiger partial charge is 0.141 e. The first-order chi connectivity index (χ1) is 9.06. The van der Waals surface area contributed by atoms with E-state index in [4.69, 9.17) is 0 Å². The molecule has 0 unspecified atom stereocenters. The van der Waals surface area contributed by atoms with Crippen molar-refractivity contribution in [1.82, 2.24) is 0 Å². The van der Waals surface area contributed by atoms with Crippen LogP contribution >= 0.6 is 0 Å². The van der Waals surface area contributed by atoms with Crippen LogP contribution < -0.4 is 0 Å². The zero-order chi connectivity index (χ0) is 13.8. The summed E-state index contributed by atoms with van der Waals surface area (Å²) >= 11 is 0. The highest BCUT2D eigenvalue weighted by molar-refractivity contribution is 5.83. The van der Waals surface area contributed by atoms with Gasteiger partial charge in [0.15, 0.2) is 0 Å². The average Bonchev–Trinajstić information content (AvgIpc) is 2.34. The van der Waals surface area contributed by atoms with Gasteiger partial charge in [0.25, 0.3) is 0 Å². The van der Waals surface area contributed by atoms with Gasteiger partial charge in [0, 0.05) is 18.4 Å². The molecule has 2 rings (SSSR count). The Morgan fingerprint density at radius 2 is 1.63 bits per heavy atom. The first-order valence-electron chi connectivity index (χ1n) is 6.06. The summed E-state index contributed by atoms with van der Waals surface area (Å²) in [6.45, 7) is 1.94. The molecular weight excluding hydrogens is 246 g/mol. The number of carbonyl (C=O) groups is 1. The zero-order valence-electron chi connectivity index (χ0n) is 10.6. The molecule has 0 saturated carbocycles. The molecule has 1 nitrogen and oxygen atoms in total. The van der Waals surface area contributed by atoms with Gasteiger partial charge in [0.05, 0.1) is 0 Å². The molecule has 98 valence electrons. The summed E-state index contributed by atoms with van der Waals surface area (Å²) in [5, 5.41) is 0. The first-order valence-corrected chi connectivity index (χ1v) is 6.06. The van der Waals surface area contributed by atoms with Crippen LogP contribution in [0.3, 0.4) is 0 Å². The van der Waals surface area contributed by atoms with E-state index in [1.165, 1.54) is 18.2 Å². The standard InChI is InChI=1S/C16H14F2O/c1-11-4-2-5-12(8-11)9-13(19)10-14-15(17)6-3-7-16(14)18/h2-8H,9-10H2,1H3. The Hall–Kier alpha value is -2.03. The van der Waals surface area contributed by atoms with Crippen molar-refractivity contribution in [3.63, 3.8) is 0 Å². The van der Waals surface area contributed by atoms with Gasteiger partial charge in [-0.2, -0.15) is 0 Å². The SMILES string of the molecule is Cc1cccc(CC(=O)Cc2c(F)cccc2F)c1. The van der Waals surface area contributed by atoms with Crippen LogP contribution in [0.1, 0.15) is 16.7 Å². The van der Waals surface area contributed by atoms with Crippen LogP contribution in [0.5, 0.6) is 0 Å². The molecule has 2 aromatic rings. The summed E-state index contributed by atoms with van der Waals surface area (Å²) in [7, 11) is 0. The van der Waals surface area contributed by atoms with Crippen molar-refractivity contribution in [1.29, 1.82) is 0 Å². The van der Waals surface area contributed by atoms with Gasteiger partial charge in [-0.3, -0.25) is 4.79 Å². The number of carbonyl (C=O) groups excluding carboxylic acids is 1. The molecule has 0 aromatic heterocycles. The van der Waals surface area contributed by atoms with Gasteiger partial charge >= 0.3 is 0 Å². The van der Waals surface area contributed by atoms with Crippen LogP contribution in [0.4, 0.5) is 8.78 Å². The Balaban J connectivity index is 2.10. The highest BCUT2D eigenvalue weighted by atomic mass is 19.1. The molecule has 0 aliphatic carbocycles. The van der Waals surface area contributed by atoms with Crippen molar-refractivity contribution in [3.05, 3.63) is 70.8 Å². The van der Waals surface area contributed by atoms with Crippen LogP contribution in [0.25, 0.3) is 0 Å². The van der Waals surface area contributed by atoms with Gasteiger partial charge in [0.2, 0.25) is 0 Å². The van der Waals surface area contributed by atoms with Gasteiger partial charge < -0.3 is 0 Å². The van der Waals surface area contributed by atoms with Crippen LogP contribution in [-0.4, -0.2) is 5.78 Å². The molecule has 0 heterocycles. The highest BCUT2D eigenvalue weighted by Crippen LogP contribution is 2.14. The summed E-state index contributed by atoms with van der Waals surface area (Å²) in [5.74, 6) is -1.54. The van der Waals surface area contributed by atoms with E-state index in [0.717, 1.165) is 11.1 Å². The minimum Gasteiger partial charge on any atom is -0.299 e. The van der Waals surface area contributed by atoms with Gasteiger partial charge in [0.1, 0.15) is 17.4 Å². The fourth-order valence-corrected chi connectivity index (χ4v) is 2.01. The van der Waals surface area contributed by atoms with Crippen LogP contribution in [0.2, 0.25) is 0 Å². The summed E-state index contributed by atoms with van der Waals surface area (Å²) in [6, 6.07) is 11.2. The van der Waals surface area contributed by atoms with Crippen LogP contribution in [0.15, 0.2) is 42.5 Å². The Morgan fingerprint density at radius 1 is 1.00 bits per heavy atom. The number of ketones is 1. The van der Waals surface area contributed by atoms with E-state index in [2.05, 4.69) is 0 Å². The predicted octanol–water partition coefficient (Wildman–Crippen LogP) is 3.63. The predicted molar refractivity (Wildman–Crippen MR) is 70.0 cm³/mol. The van der Waals surface area contributed by atoms with Crippen molar-refractivity contribution in [2.45, 2.75) is 19.8 Å². The number of hydrogen-bond acceptors (Lipinski definition) is 1. The number of rotatable bonds is 4. The van der Waals surface area contributed by atoms with Crippen molar-refractivity contribution in [2.24, 2.45) is 0 Å². The molecule has 0 fully saturated rings. The van der Waals surface area contributed by atoms with Crippen molar-refractivity contribution in [3.8, 4) is 0 Å². The van der Waals surface area contributed by atoms with E-state index in [-0.39, 0.29) is 24.2 Å². The number of Topliss-reactive ketones (excluding diaryl/α,β-unsaturated/α-hetero) is 1. The van der Waals surface area contributed by atoms with Gasteiger partial charge in [-0.1, -0.05) is 35.9 Å². The molecule has 19 heavy (non-hydrogen) atoms. The summed E-state index contributed by atoms with van der Waals surface area (Å²) < 4.78 is 26.8. The topological polar surface area (TPSA) is 17.1 Å². The third-order valence-electron chi connectivity index (χ3n) is 2.92. The van der Waals surface area contributed by atoms with Gasteiger partial charge in [-0.25, -0.2) is 8.78 Å². The number of hydrogen-bond donors (Lipinski definition) is 0. The van der Waals surface area contributed by atoms with E-state index in [1.807, 2.05) is 31.2 Å². The molecule has 0 N–H and O–H groups in total. The van der Waals surface area contributed by atoms with Gasteiger partial charge in [-0.05, 0) is 24.6 Å². The Morgan fingerprint density at radius 3 is 2.26 bits per heavy atom.